The van der Waals surface area contributed by atoms with E-state index in [-0.39, 0.29) is 11.8 Å². The number of para-hydroxylation sites is 2. The summed E-state index contributed by atoms with van der Waals surface area (Å²) in [5, 5.41) is 5.91. The van der Waals surface area contributed by atoms with Gasteiger partial charge in [-0.2, -0.15) is 0 Å². The van der Waals surface area contributed by atoms with Crippen molar-refractivity contribution in [3.8, 4) is 0 Å². The number of hydrogen-bond acceptors (Lipinski definition) is 2. The molecule has 4 nitrogen and oxygen atoms in total. The summed E-state index contributed by atoms with van der Waals surface area (Å²) in [5.74, 6) is -1.64. The molecule has 0 saturated carbocycles. The number of carbonyl (C=O) groups excluding carboxylic acids is 2. The topological polar surface area (TPSA) is 58.2 Å². The van der Waals surface area contributed by atoms with E-state index in [2.05, 4.69) is 10.6 Å². The lowest BCUT2D eigenvalue weighted by Gasteiger charge is -2.19. The maximum Gasteiger partial charge on any atom is 0.241 e. The van der Waals surface area contributed by atoms with E-state index < -0.39 is 5.92 Å². The third kappa shape index (κ3) is 4.91. The van der Waals surface area contributed by atoms with Crippen LogP contribution >= 0.6 is 0 Å². The maximum atomic E-state index is 13.2. The predicted octanol–water partition coefficient (Wildman–Crippen LogP) is 5.17. The molecule has 3 aromatic carbocycles. The van der Waals surface area contributed by atoms with Gasteiger partial charge in [-0.05, 0) is 41.7 Å². The first-order valence-corrected chi connectivity index (χ1v) is 9.96. The molecule has 0 atom stereocenters. The van der Waals surface area contributed by atoms with E-state index in [0.717, 1.165) is 35.3 Å². The number of aryl methyl sites for hydroxylation is 2. The highest BCUT2D eigenvalue weighted by molar-refractivity contribution is 6.15. The Kier molecular flexibility index (Phi) is 6.80. The number of amides is 2. The van der Waals surface area contributed by atoms with Crippen LogP contribution in [0.2, 0.25) is 0 Å². The molecule has 0 heterocycles. The van der Waals surface area contributed by atoms with Crippen molar-refractivity contribution in [1.29, 1.82) is 0 Å². The minimum absolute atomic E-state index is 0.344. The summed E-state index contributed by atoms with van der Waals surface area (Å²) in [6, 6.07) is 24.5. The van der Waals surface area contributed by atoms with Gasteiger partial charge in [-0.1, -0.05) is 80.6 Å². The van der Waals surface area contributed by atoms with Crippen molar-refractivity contribution < 1.29 is 9.59 Å². The highest BCUT2D eigenvalue weighted by Gasteiger charge is 2.29. The van der Waals surface area contributed by atoms with Gasteiger partial charge in [0.05, 0.1) is 0 Å². The van der Waals surface area contributed by atoms with Crippen LogP contribution < -0.4 is 10.6 Å². The summed E-state index contributed by atoms with van der Waals surface area (Å²) in [4.78, 5) is 26.4. The lowest BCUT2D eigenvalue weighted by Crippen LogP contribution is -2.32. The zero-order valence-electron chi connectivity index (χ0n) is 16.8. The van der Waals surface area contributed by atoms with E-state index in [0.29, 0.717) is 5.56 Å². The van der Waals surface area contributed by atoms with Crippen LogP contribution in [0.3, 0.4) is 0 Å². The minimum atomic E-state index is -0.953. The van der Waals surface area contributed by atoms with Crippen LogP contribution in [-0.2, 0) is 22.4 Å². The minimum Gasteiger partial charge on any atom is -0.325 e. The average Bonchev–Trinajstić information content (AvgIpc) is 2.75. The molecule has 0 radical (unpaired) electrons. The van der Waals surface area contributed by atoms with E-state index in [1.807, 2.05) is 80.6 Å². The van der Waals surface area contributed by atoms with Crippen LogP contribution in [0.15, 0.2) is 78.9 Å². The van der Waals surface area contributed by atoms with Crippen molar-refractivity contribution in [2.75, 3.05) is 10.6 Å². The summed E-state index contributed by atoms with van der Waals surface area (Å²) in [7, 11) is 0. The fourth-order valence-electron chi connectivity index (χ4n) is 3.38. The fourth-order valence-corrected chi connectivity index (χ4v) is 3.38. The van der Waals surface area contributed by atoms with E-state index >= 15 is 0 Å². The number of rotatable bonds is 7. The normalized spacial score (nSPS) is 10.6. The van der Waals surface area contributed by atoms with Gasteiger partial charge >= 0.3 is 0 Å². The van der Waals surface area contributed by atoms with Crippen LogP contribution in [-0.4, -0.2) is 11.8 Å². The standard InChI is InChI=1S/C25H26N2O2/c1-3-18-12-8-10-16-21(18)26-24(28)23(20-14-6-5-7-15-20)25(29)27-22-17-11-9-13-19(22)4-2/h5-17,23H,3-4H2,1-2H3,(H,26,28)(H,27,29). The Balaban J connectivity index is 1.90. The summed E-state index contributed by atoms with van der Waals surface area (Å²) in [6.07, 6.45) is 1.59. The molecule has 2 amide bonds. The molecule has 0 fully saturated rings. The second kappa shape index (κ2) is 9.69. The zero-order valence-corrected chi connectivity index (χ0v) is 16.8. The summed E-state index contributed by atoms with van der Waals surface area (Å²) in [6.45, 7) is 4.07. The number of anilines is 2. The molecule has 0 saturated heterocycles. The van der Waals surface area contributed by atoms with Crippen molar-refractivity contribution in [3.63, 3.8) is 0 Å². The molecule has 0 unspecified atom stereocenters. The predicted molar refractivity (Wildman–Crippen MR) is 118 cm³/mol. The Bertz CT molecular complexity index is 921. The number of benzene rings is 3. The van der Waals surface area contributed by atoms with E-state index in [1.165, 1.54) is 0 Å². The molecule has 2 N–H and O–H groups in total. The van der Waals surface area contributed by atoms with Crippen LogP contribution in [0, 0.1) is 0 Å². The summed E-state index contributed by atoms with van der Waals surface area (Å²) < 4.78 is 0. The smallest absolute Gasteiger partial charge is 0.241 e. The Labute approximate surface area is 172 Å². The molecule has 148 valence electrons. The van der Waals surface area contributed by atoms with Gasteiger partial charge in [-0.25, -0.2) is 0 Å². The van der Waals surface area contributed by atoms with Gasteiger partial charge in [0.25, 0.3) is 0 Å². The number of hydrogen-bond donors (Lipinski definition) is 2. The van der Waals surface area contributed by atoms with Gasteiger partial charge in [0, 0.05) is 11.4 Å². The molecule has 0 aliphatic carbocycles. The third-order valence-electron chi connectivity index (χ3n) is 4.97. The molecule has 3 rings (SSSR count). The molecule has 0 aromatic heterocycles. The van der Waals surface area contributed by atoms with Crippen molar-refractivity contribution >= 4 is 23.2 Å². The molecule has 3 aromatic rings. The highest BCUT2D eigenvalue weighted by atomic mass is 16.2. The zero-order chi connectivity index (χ0) is 20.6. The van der Waals surface area contributed by atoms with Crippen molar-refractivity contribution in [3.05, 3.63) is 95.6 Å². The summed E-state index contributed by atoms with van der Waals surface area (Å²) in [5.41, 5.74) is 4.20. The van der Waals surface area contributed by atoms with Gasteiger partial charge in [0.15, 0.2) is 0 Å². The van der Waals surface area contributed by atoms with Gasteiger partial charge in [0.2, 0.25) is 11.8 Å². The maximum absolute atomic E-state index is 13.2. The number of nitrogens with one attached hydrogen (secondary N) is 2. The van der Waals surface area contributed by atoms with Crippen molar-refractivity contribution in [1.82, 2.24) is 0 Å². The first kappa shape index (κ1) is 20.3. The highest BCUT2D eigenvalue weighted by Crippen LogP contribution is 2.24. The summed E-state index contributed by atoms with van der Waals surface area (Å²) >= 11 is 0. The Morgan fingerprint density at radius 1 is 0.655 bits per heavy atom. The molecule has 4 heteroatoms. The Hall–Kier alpha value is -3.40. The molecule has 0 aliphatic heterocycles. The van der Waals surface area contributed by atoms with Gasteiger partial charge in [0.1, 0.15) is 5.92 Å². The van der Waals surface area contributed by atoms with Crippen LogP contribution in [0.25, 0.3) is 0 Å². The second-order valence-corrected chi connectivity index (χ2v) is 6.84. The second-order valence-electron chi connectivity index (χ2n) is 6.84. The van der Waals surface area contributed by atoms with E-state index in [4.69, 9.17) is 0 Å². The van der Waals surface area contributed by atoms with Gasteiger partial charge in [-0.15, -0.1) is 0 Å². The van der Waals surface area contributed by atoms with E-state index in [1.54, 1.807) is 12.1 Å². The van der Waals surface area contributed by atoms with Crippen LogP contribution in [0.1, 0.15) is 36.5 Å². The van der Waals surface area contributed by atoms with Gasteiger partial charge < -0.3 is 10.6 Å². The molecular formula is C25H26N2O2. The Morgan fingerprint density at radius 3 is 1.52 bits per heavy atom. The first-order valence-electron chi connectivity index (χ1n) is 9.96. The molecule has 29 heavy (non-hydrogen) atoms. The van der Waals surface area contributed by atoms with E-state index in [9.17, 15) is 9.59 Å². The van der Waals surface area contributed by atoms with Crippen LogP contribution in [0.4, 0.5) is 11.4 Å². The Morgan fingerprint density at radius 2 is 1.07 bits per heavy atom. The fraction of sp³-hybridized carbons (Fsp3) is 0.200. The lowest BCUT2D eigenvalue weighted by molar-refractivity contribution is -0.125. The van der Waals surface area contributed by atoms with Crippen molar-refractivity contribution in [2.45, 2.75) is 32.6 Å². The average molecular weight is 386 g/mol. The molecular weight excluding hydrogens is 360 g/mol. The quantitative estimate of drug-likeness (QED) is 0.550. The first-order chi connectivity index (χ1) is 14.1. The molecule has 0 aliphatic rings. The monoisotopic (exact) mass is 386 g/mol. The lowest BCUT2D eigenvalue weighted by atomic mass is 9.96. The van der Waals surface area contributed by atoms with Crippen LogP contribution in [0.5, 0.6) is 0 Å². The largest absolute Gasteiger partial charge is 0.325 e. The SMILES string of the molecule is CCc1ccccc1NC(=O)C(C(=O)Nc1ccccc1CC)c1ccccc1. The van der Waals surface area contributed by atoms with Gasteiger partial charge in [-0.3, -0.25) is 9.59 Å². The third-order valence-corrected chi connectivity index (χ3v) is 4.97. The molecule has 0 spiro atoms. The molecule has 0 bridgehead atoms. The van der Waals surface area contributed by atoms with Crippen molar-refractivity contribution in [2.24, 2.45) is 0 Å². The number of carbonyl (C=O) groups is 2.